The molecule has 6 nitrogen and oxygen atoms in total. The fourth-order valence-corrected chi connectivity index (χ4v) is 3.34. The summed E-state index contributed by atoms with van der Waals surface area (Å²) in [4.78, 5) is 28.9. The molecule has 0 aliphatic carbocycles. The molecule has 1 amide bonds. The topological polar surface area (TPSA) is 77.5 Å². The van der Waals surface area contributed by atoms with Crippen LogP contribution in [0, 0.1) is 6.92 Å². The van der Waals surface area contributed by atoms with Gasteiger partial charge in [-0.2, -0.15) is 0 Å². The average molecular weight is 410 g/mol. The number of rotatable bonds is 7. The Balaban J connectivity index is 1.54. The number of hydrogen-bond donors (Lipinski definition) is 1. The molecule has 150 valence electrons. The Hall–Kier alpha value is -3.19. The maximum absolute atomic E-state index is 12.3. The van der Waals surface area contributed by atoms with Crippen molar-refractivity contribution < 1.29 is 19.1 Å². The highest BCUT2D eigenvalue weighted by atomic mass is 32.1. The Morgan fingerprint density at radius 2 is 1.79 bits per heavy atom. The molecule has 2 aromatic carbocycles. The molecule has 29 heavy (non-hydrogen) atoms. The van der Waals surface area contributed by atoms with E-state index >= 15 is 0 Å². The molecular weight excluding hydrogens is 388 g/mol. The molecule has 0 saturated carbocycles. The second kappa shape index (κ2) is 9.34. The van der Waals surface area contributed by atoms with Crippen molar-refractivity contribution in [1.82, 2.24) is 10.3 Å². The van der Waals surface area contributed by atoms with Crippen molar-refractivity contribution >= 4 is 23.2 Å². The molecule has 1 atom stereocenters. The molecule has 7 heteroatoms. The van der Waals surface area contributed by atoms with Gasteiger partial charge in [-0.05, 0) is 31.5 Å². The highest BCUT2D eigenvalue weighted by Gasteiger charge is 2.21. The lowest BCUT2D eigenvalue weighted by molar-refractivity contribution is -0.129. The molecule has 0 saturated heterocycles. The van der Waals surface area contributed by atoms with Crippen LogP contribution in [0.15, 0.2) is 53.9 Å². The molecule has 0 bridgehead atoms. The van der Waals surface area contributed by atoms with Gasteiger partial charge in [0.15, 0.2) is 11.8 Å². The van der Waals surface area contributed by atoms with Crippen molar-refractivity contribution in [3.63, 3.8) is 0 Å². The van der Waals surface area contributed by atoms with E-state index in [9.17, 15) is 9.59 Å². The Labute approximate surface area is 173 Å². The molecule has 0 aliphatic heterocycles. The standard InChI is InChI=1S/C22H22N2O4S/c1-14-4-8-17(9-5-14)21-24-19(13-29-21)22(26)28-15(2)20(25)23-12-16-6-10-18(27-3)11-7-16/h4-11,13,15H,12H2,1-3H3,(H,23,25)/t15-/m1/s1. The lowest BCUT2D eigenvalue weighted by Gasteiger charge is -2.13. The quantitative estimate of drug-likeness (QED) is 0.596. The number of carbonyl (C=O) groups is 2. The van der Waals surface area contributed by atoms with Gasteiger partial charge in [0.2, 0.25) is 0 Å². The third-order valence-corrected chi connectivity index (χ3v) is 5.18. The van der Waals surface area contributed by atoms with E-state index in [2.05, 4.69) is 10.3 Å². The lowest BCUT2D eigenvalue weighted by Crippen LogP contribution is -2.35. The smallest absolute Gasteiger partial charge is 0.358 e. The first-order valence-corrected chi connectivity index (χ1v) is 9.98. The first kappa shape index (κ1) is 20.5. The van der Waals surface area contributed by atoms with Crippen LogP contribution in [0.1, 0.15) is 28.5 Å². The molecule has 1 N–H and O–H groups in total. The van der Waals surface area contributed by atoms with Crippen LogP contribution in [0.3, 0.4) is 0 Å². The van der Waals surface area contributed by atoms with Crippen LogP contribution in [0.2, 0.25) is 0 Å². The van der Waals surface area contributed by atoms with E-state index in [1.165, 1.54) is 18.3 Å². The Morgan fingerprint density at radius 3 is 2.45 bits per heavy atom. The zero-order valence-electron chi connectivity index (χ0n) is 16.5. The normalized spacial score (nSPS) is 11.6. The minimum Gasteiger partial charge on any atom is -0.497 e. The minimum absolute atomic E-state index is 0.195. The van der Waals surface area contributed by atoms with Gasteiger partial charge in [-0.25, -0.2) is 9.78 Å². The summed E-state index contributed by atoms with van der Waals surface area (Å²) in [5.74, 6) is -0.245. The molecule has 1 heterocycles. The van der Waals surface area contributed by atoms with Crippen LogP contribution in [-0.4, -0.2) is 30.1 Å². The zero-order chi connectivity index (χ0) is 20.8. The number of benzene rings is 2. The number of thiazole rings is 1. The summed E-state index contributed by atoms with van der Waals surface area (Å²) in [6, 6.07) is 15.2. The van der Waals surface area contributed by atoms with E-state index in [1.54, 1.807) is 12.5 Å². The fraction of sp³-hybridized carbons (Fsp3) is 0.227. The van der Waals surface area contributed by atoms with Crippen molar-refractivity contribution in [3.8, 4) is 16.3 Å². The largest absolute Gasteiger partial charge is 0.497 e. The fourth-order valence-electron chi connectivity index (χ4n) is 2.55. The summed E-state index contributed by atoms with van der Waals surface area (Å²) in [5, 5.41) is 5.12. The van der Waals surface area contributed by atoms with Gasteiger partial charge in [-0.1, -0.05) is 42.0 Å². The van der Waals surface area contributed by atoms with Gasteiger partial charge in [-0.15, -0.1) is 11.3 Å². The lowest BCUT2D eigenvalue weighted by atomic mass is 10.2. The Kier molecular flexibility index (Phi) is 6.61. The van der Waals surface area contributed by atoms with Gasteiger partial charge in [-0.3, -0.25) is 4.79 Å². The molecule has 3 aromatic rings. The van der Waals surface area contributed by atoms with Crippen LogP contribution >= 0.6 is 11.3 Å². The number of amides is 1. The van der Waals surface area contributed by atoms with Gasteiger partial charge >= 0.3 is 5.97 Å². The number of aryl methyl sites for hydroxylation is 1. The molecule has 0 aliphatic rings. The van der Waals surface area contributed by atoms with Crippen molar-refractivity contribution in [2.24, 2.45) is 0 Å². The van der Waals surface area contributed by atoms with E-state index in [0.717, 1.165) is 27.4 Å². The average Bonchev–Trinajstić information content (AvgIpc) is 3.23. The zero-order valence-corrected chi connectivity index (χ0v) is 17.3. The van der Waals surface area contributed by atoms with Gasteiger partial charge in [0.1, 0.15) is 10.8 Å². The maximum atomic E-state index is 12.3. The van der Waals surface area contributed by atoms with Crippen molar-refractivity contribution in [1.29, 1.82) is 0 Å². The predicted molar refractivity (Wildman–Crippen MR) is 112 cm³/mol. The van der Waals surface area contributed by atoms with Crippen LogP contribution in [0.5, 0.6) is 5.75 Å². The number of aromatic nitrogens is 1. The molecule has 1 aromatic heterocycles. The third kappa shape index (κ3) is 5.42. The molecule has 0 fully saturated rings. The third-order valence-electron chi connectivity index (χ3n) is 4.29. The Bertz CT molecular complexity index is 981. The molecule has 0 radical (unpaired) electrons. The van der Waals surface area contributed by atoms with Crippen LogP contribution in [0.4, 0.5) is 0 Å². The first-order chi connectivity index (χ1) is 14.0. The highest BCUT2D eigenvalue weighted by molar-refractivity contribution is 7.13. The summed E-state index contributed by atoms with van der Waals surface area (Å²) in [7, 11) is 1.60. The van der Waals surface area contributed by atoms with Crippen molar-refractivity contribution in [2.75, 3.05) is 7.11 Å². The van der Waals surface area contributed by atoms with Gasteiger partial charge in [0.05, 0.1) is 7.11 Å². The minimum atomic E-state index is -0.926. The van der Waals surface area contributed by atoms with Gasteiger partial charge < -0.3 is 14.8 Å². The number of esters is 1. The molecule has 0 spiro atoms. The number of methoxy groups -OCH3 is 1. The molecular formula is C22H22N2O4S. The second-order valence-corrected chi connectivity index (χ2v) is 7.38. The van der Waals surface area contributed by atoms with E-state index in [-0.39, 0.29) is 11.6 Å². The van der Waals surface area contributed by atoms with E-state index < -0.39 is 12.1 Å². The number of nitrogens with zero attached hydrogens (tertiary/aromatic N) is 1. The summed E-state index contributed by atoms with van der Waals surface area (Å²) < 4.78 is 10.4. The van der Waals surface area contributed by atoms with E-state index in [0.29, 0.717) is 6.54 Å². The van der Waals surface area contributed by atoms with Crippen molar-refractivity contribution in [3.05, 3.63) is 70.7 Å². The number of hydrogen-bond acceptors (Lipinski definition) is 6. The van der Waals surface area contributed by atoms with Crippen LogP contribution < -0.4 is 10.1 Å². The summed E-state index contributed by atoms with van der Waals surface area (Å²) >= 11 is 1.36. The predicted octanol–water partition coefficient (Wildman–Crippen LogP) is 3.99. The summed E-state index contributed by atoms with van der Waals surface area (Å²) in [6.45, 7) is 3.88. The highest BCUT2D eigenvalue weighted by Crippen LogP contribution is 2.24. The van der Waals surface area contributed by atoms with Gasteiger partial charge in [0, 0.05) is 17.5 Å². The Morgan fingerprint density at radius 1 is 1.10 bits per heavy atom. The second-order valence-electron chi connectivity index (χ2n) is 6.52. The van der Waals surface area contributed by atoms with E-state index in [4.69, 9.17) is 9.47 Å². The summed E-state index contributed by atoms with van der Waals surface area (Å²) in [6.07, 6.45) is -0.926. The van der Waals surface area contributed by atoms with Crippen LogP contribution in [-0.2, 0) is 16.1 Å². The van der Waals surface area contributed by atoms with Gasteiger partial charge in [0.25, 0.3) is 5.91 Å². The maximum Gasteiger partial charge on any atom is 0.358 e. The SMILES string of the molecule is COc1ccc(CNC(=O)[C@@H](C)OC(=O)c2csc(-c3ccc(C)cc3)n2)cc1. The first-order valence-electron chi connectivity index (χ1n) is 9.10. The van der Waals surface area contributed by atoms with Crippen molar-refractivity contribution in [2.45, 2.75) is 26.5 Å². The number of nitrogens with one attached hydrogen (secondary N) is 1. The molecule has 0 unspecified atom stereocenters. The number of carbonyl (C=O) groups excluding carboxylic acids is 2. The molecule has 3 rings (SSSR count). The van der Waals surface area contributed by atoms with Crippen LogP contribution in [0.25, 0.3) is 10.6 Å². The summed E-state index contributed by atoms with van der Waals surface area (Å²) in [5.41, 5.74) is 3.20. The monoisotopic (exact) mass is 410 g/mol. The van der Waals surface area contributed by atoms with E-state index in [1.807, 2.05) is 55.5 Å². The number of ether oxygens (including phenoxy) is 2.